The minimum absolute atomic E-state index is 0.415. The Morgan fingerprint density at radius 1 is 1.41 bits per heavy atom. The highest BCUT2D eigenvalue weighted by molar-refractivity contribution is 5.89. The van der Waals surface area contributed by atoms with Gasteiger partial charge in [0.2, 0.25) is 5.91 Å². The number of rotatable bonds is 7. The van der Waals surface area contributed by atoms with E-state index in [1.165, 1.54) is 7.11 Å². The van der Waals surface area contributed by atoms with Gasteiger partial charge >= 0.3 is 11.9 Å². The maximum Gasteiger partial charge on any atom is 0.328 e. The second-order valence-electron chi connectivity index (χ2n) is 3.58. The normalized spacial score (nSPS) is 13.6. The molecule has 0 bridgehead atoms. The summed E-state index contributed by atoms with van der Waals surface area (Å²) in [5, 5.41) is 10.8. The van der Waals surface area contributed by atoms with Gasteiger partial charge in [-0.15, -0.1) is 0 Å². The largest absolute Gasteiger partial charge is 0.481 e. The number of carboxylic acids is 1. The van der Waals surface area contributed by atoms with E-state index in [2.05, 4.69) is 10.1 Å². The van der Waals surface area contributed by atoms with Crippen molar-refractivity contribution in [2.24, 2.45) is 5.73 Å². The van der Waals surface area contributed by atoms with Gasteiger partial charge in [0.25, 0.3) is 0 Å². The van der Waals surface area contributed by atoms with Crippen LogP contribution in [0.4, 0.5) is 0 Å². The summed E-state index contributed by atoms with van der Waals surface area (Å²) in [6.07, 6.45) is 0.609. The number of aliphatic carboxylic acids is 1. The Morgan fingerprint density at radius 3 is 2.41 bits per heavy atom. The van der Waals surface area contributed by atoms with E-state index >= 15 is 0 Å². The molecule has 7 nitrogen and oxygen atoms in total. The minimum atomic E-state index is -1.17. The summed E-state index contributed by atoms with van der Waals surface area (Å²) in [4.78, 5) is 33.1. The van der Waals surface area contributed by atoms with E-state index in [1.54, 1.807) is 0 Å². The third-order valence-electron chi connectivity index (χ3n) is 2.11. The lowest BCUT2D eigenvalue weighted by Gasteiger charge is -2.17. The first-order chi connectivity index (χ1) is 7.92. The molecule has 17 heavy (non-hydrogen) atoms. The first-order valence-electron chi connectivity index (χ1n) is 5.27. The van der Waals surface area contributed by atoms with Crippen molar-refractivity contribution in [1.29, 1.82) is 0 Å². The molecule has 0 aliphatic carbocycles. The Bertz CT molecular complexity index is 292. The number of esters is 1. The monoisotopic (exact) mass is 246 g/mol. The first kappa shape index (κ1) is 15.4. The Morgan fingerprint density at radius 2 is 2.00 bits per heavy atom. The Hall–Kier alpha value is -1.63. The van der Waals surface area contributed by atoms with Crippen LogP contribution in [0.3, 0.4) is 0 Å². The average Bonchev–Trinajstić information content (AvgIpc) is 2.26. The predicted molar refractivity (Wildman–Crippen MR) is 59.1 cm³/mol. The van der Waals surface area contributed by atoms with Crippen LogP contribution in [0.15, 0.2) is 0 Å². The number of carboxylic acid groups (broad SMARTS) is 1. The van der Waals surface area contributed by atoms with E-state index in [9.17, 15) is 14.4 Å². The van der Waals surface area contributed by atoms with E-state index in [-0.39, 0.29) is 0 Å². The van der Waals surface area contributed by atoms with Gasteiger partial charge in [0.15, 0.2) is 0 Å². The second kappa shape index (κ2) is 7.61. The Labute approximate surface area is 99.3 Å². The molecule has 4 N–H and O–H groups in total. The summed E-state index contributed by atoms with van der Waals surface area (Å²) in [6.45, 7) is 1.85. The third-order valence-corrected chi connectivity index (χ3v) is 2.11. The molecule has 0 spiro atoms. The van der Waals surface area contributed by atoms with Crippen LogP contribution < -0.4 is 11.1 Å². The molecule has 0 fully saturated rings. The maximum atomic E-state index is 11.5. The molecule has 0 aliphatic heterocycles. The number of amides is 1. The maximum absolute atomic E-state index is 11.5. The molecule has 0 saturated heterocycles. The van der Waals surface area contributed by atoms with E-state index in [1.807, 2.05) is 6.92 Å². The van der Waals surface area contributed by atoms with Crippen LogP contribution in [-0.2, 0) is 19.1 Å². The lowest BCUT2D eigenvalue weighted by atomic mass is 10.1. The summed E-state index contributed by atoms with van der Waals surface area (Å²) in [5.74, 6) is -2.41. The molecule has 0 unspecified atom stereocenters. The fourth-order valence-electron chi connectivity index (χ4n) is 1.24. The average molecular weight is 246 g/mol. The van der Waals surface area contributed by atoms with Crippen LogP contribution in [-0.4, -0.2) is 42.1 Å². The van der Waals surface area contributed by atoms with Crippen molar-refractivity contribution in [3.63, 3.8) is 0 Å². The van der Waals surface area contributed by atoms with Crippen molar-refractivity contribution in [3.8, 4) is 0 Å². The quantitative estimate of drug-likeness (QED) is 0.508. The third kappa shape index (κ3) is 5.86. The number of methoxy groups -OCH3 is 1. The Kier molecular flexibility index (Phi) is 6.88. The highest BCUT2D eigenvalue weighted by atomic mass is 16.5. The Balaban J connectivity index is 4.39. The van der Waals surface area contributed by atoms with Crippen LogP contribution in [0.1, 0.15) is 26.2 Å². The molecular weight excluding hydrogens is 228 g/mol. The van der Waals surface area contributed by atoms with E-state index in [4.69, 9.17) is 10.8 Å². The van der Waals surface area contributed by atoms with Gasteiger partial charge in [0.05, 0.1) is 19.6 Å². The first-order valence-corrected chi connectivity index (χ1v) is 5.27. The zero-order valence-corrected chi connectivity index (χ0v) is 9.93. The van der Waals surface area contributed by atoms with Gasteiger partial charge in [-0.2, -0.15) is 0 Å². The van der Waals surface area contributed by atoms with Crippen LogP contribution in [0.2, 0.25) is 0 Å². The molecule has 0 aromatic rings. The smallest absolute Gasteiger partial charge is 0.328 e. The van der Waals surface area contributed by atoms with Crippen molar-refractivity contribution in [2.75, 3.05) is 7.11 Å². The molecule has 0 aromatic carbocycles. The van der Waals surface area contributed by atoms with Crippen molar-refractivity contribution in [2.45, 2.75) is 38.3 Å². The van der Waals surface area contributed by atoms with Crippen molar-refractivity contribution in [3.05, 3.63) is 0 Å². The molecule has 2 atom stereocenters. The molecule has 7 heteroatoms. The molecule has 0 saturated carbocycles. The molecule has 0 radical (unpaired) electrons. The van der Waals surface area contributed by atoms with Gasteiger partial charge in [-0.3, -0.25) is 9.59 Å². The van der Waals surface area contributed by atoms with E-state index < -0.39 is 36.4 Å². The molecule has 0 aliphatic rings. The van der Waals surface area contributed by atoms with Gasteiger partial charge in [0, 0.05) is 0 Å². The van der Waals surface area contributed by atoms with Crippen LogP contribution in [0.5, 0.6) is 0 Å². The molecule has 0 rings (SSSR count). The highest BCUT2D eigenvalue weighted by Crippen LogP contribution is 2.00. The van der Waals surface area contributed by atoms with Crippen molar-refractivity contribution in [1.82, 2.24) is 5.32 Å². The second-order valence-corrected chi connectivity index (χ2v) is 3.58. The number of nitrogens with two attached hydrogens (primary N) is 1. The molecule has 0 aromatic heterocycles. The van der Waals surface area contributed by atoms with Gasteiger partial charge in [0.1, 0.15) is 6.04 Å². The molecule has 0 heterocycles. The van der Waals surface area contributed by atoms with E-state index in [0.29, 0.717) is 12.8 Å². The fraction of sp³-hybridized carbons (Fsp3) is 0.700. The zero-order chi connectivity index (χ0) is 13.4. The van der Waals surface area contributed by atoms with Crippen molar-refractivity contribution >= 4 is 17.8 Å². The summed E-state index contributed by atoms with van der Waals surface area (Å²) in [7, 11) is 1.22. The predicted octanol–water partition coefficient (Wildman–Crippen LogP) is -0.754. The van der Waals surface area contributed by atoms with Crippen LogP contribution >= 0.6 is 0 Å². The summed E-state index contributed by atoms with van der Waals surface area (Å²) < 4.78 is 4.52. The number of nitrogens with one attached hydrogen (secondary N) is 1. The number of ether oxygens (including phenoxy) is 1. The van der Waals surface area contributed by atoms with Gasteiger partial charge in [-0.25, -0.2) is 4.79 Å². The lowest BCUT2D eigenvalue weighted by molar-refractivity contribution is -0.145. The fourth-order valence-corrected chi connectivity index (χ4v) is 1.24. The van der Waals surface area contributed by atoms with Gasteiger partial charge < -0.3 is 20.9 Å². The van der Waals surface area contributed by atoms with Gasteiger partial charge in [-0.1, -0.05) is 13.3 Å². The zero-order valence-electron chi connectivity index (χ0n) is 9.93. The van der Waals surface area contributed by atoms with Crippen molar-refractivity contribution < 1.29 is 24.2 Å². The number of hydrogen-bond donors (Lipinski definition) is 3. The molecule has 1 amide bonds. The molecular formula is C10H18N2O5. The standard InChI is InChI=1S/C10H18N2O5/c1-3-4-7(10(16)17-2)12-9(15)6(11)5-8(13)14/h6-7H,3-5,11H2,1-2H3,(H,12,15)(H,13,14)/t6-,7-/m1/s1. The summed E-state index contributed by atoms with van der Waals surface area (Å²) >= 11 is 0. The van der Waals surface area contributed by atoms with Crippen LogP contribution in [0.25, 0.3) is 0 Å². The molecule has 98 valence electrons. The van der Waals surface area contributed by atoms with Crippen LogP contribution in [0, 0.1) is 0 Å². The number of carbonyl (C=O) groups excluding carboxylic acids is 2. The summed E-state index contributed by atoms with van der Waals surface area (Å²) in [5.41, 5.74) is 5.36. The lowest BCUT2D eigenvalue weighted by Crippen LogP contribution is -2.49. The minimum Gasteiger partial charge on any atom is -0.481 e. The van der Waals surface area contributed by atoms with E-state index in [0.717, 1.165) is 0 Å². The summed E-state index contributed by atoms with van der Waals surface area (Å²) in [6, 6.07) is -1.95. The number of hydrogen-bond acceptors (Lipinski definition) is 5. The van der Waals surface area contributed by atoms with Gasteiger partial charge in [-0.05, 0) is 6.42 Å². The number of carbonyl (C=O) groups is 3. The highest BCUT2D eigenvalue weighted by Gasteiger charge is 2.24. The SMILES string of the molecule is CCC[C@@H](NC(=O)[C@H](N)CC(=O)O)C(=O)OC. The topological polar surface area (TPSA) is 119 Å².